The topological polar surface area (TPSA) is 60.2 Å². The van der Waals surface area contributed by atoms with Gasteiger partial charge in [-0.25, -0.2) is 9.37 Å². The quantitative estimate of drug-likeness (QED) is 0.392. The Bertz CT molecular complexity index is 1280. The van der Waals surface area contributed by atoms with Crippen LogP contribution >= 0.6 is 11.5 Å². The van der Waals surface area contributed by atoms with Gasteiger partial charge in [0.25, 0.3) is 0 Å². The Hall–Kier alpha value is -2.62. The molecule has 4 aromatic rings. The SMILES string of the molecule is COc1ccc(-c2ccc3c(CCCN4CCS(=O)CC4)cn(-c4cnsc4)c3n2)cc1F. The lowest BCUT2D eigenvalue weighted by atomic mass is 10.1. The smallest absolute Gasteiger partial charge is 0.165 e. The van der Waals surface area contributed by atoms with E-state index in [4.69, 9.17) is 9.72 Å². The molecule has 1 aliphatic rings. The van der Waals surface area contributed by atoms with Crippen LogP contribution < -0.4 is 4.74 Å². The van der Waals surface area contributed by atoms with E-state index in [2.05, 4.69) is 26.1 Å². The summed E-state index contributed by atoms with van der Waals surface area (Å²) in [6.07, 6.45) is 5.94. The summed E-state index contributed by atoms with van der Waals surface area (Å²) in [5, 5.41) is 3.09. The molecule has 0 N–H and O–H groups in total. The molecule has 0 saturated carbocycles. The molecule has 5 rings (SSSR count). The largest absolute Gasteiger partial charge is 0.494 e. The molecule has 0 amide bonds. The maximum Gasteiger partial charge on any atom is 0.165 e. The van der Waals surface area contributed by atoms with E-state index < -0.39 is 16.6 Å². The van der Waals surface area contributed by atoms with Crippen LogP contribution in [-0.2, 0) is 17.2 Å². The first-order chi connectivity index (χ1) is 16.1. The van der Waals surface area contributed by atoms with E-state index in [1.54, 1.807) is 6.07 Å². The van der Waals surface area contributed by atoms with E-state index in [9.17, 15) is 8.60 Å². The van der Waals surface area contributed by atoms with Gasteiger partial charge in [0, 0.05) is 57.9 Å². The molecule has 0 unspecified atom stereocenters. The fourth-order valence-electron chi connectivity index (χ4n) is 4.26. The van der Waals surface area contributed by atoms with Crippen molar-refractivity contribution < 1.29 is 13.3 Å². The van der Waals surface area contributed by atoms with Crippen molar-refractivity contribution >= 4 is 33.4 Å². The Kier molecular flexibility index (Phi) is 6.52. The van der Waals surface area contributed by atoms with Crippen LogP contribution in [0.1, 0.15) is 12.0 Å². The van der Waals surface area contributed by atoms with Gasteiger partial charge in [-0.3, -0.25) is 8.78 Å². The molecular weight excluding hydrogens is 459 g/mol. The third-order valence-corrected chi connectivity index (χ3v) is 7.92. The van der Waals surface area contributed by atoms with Crippen LogP contribution in [0.4, 0.5) is 4.39 Å². The lowest BCUT2D eigenvalue weighted by molar-refractivity contribution is 0.296. The molecular formula is C24H25FN4O2S2. The van der Waals surface area contributed by atoms with Crippen LogP contribution in [0, 0.1) is 5.82 Å². The first-order valence-corrected chi connectivity index (χ1v) is 13.3. The number of rotatable bonds is 7. The van der Waals surface area contributed by atoms with Crippen LogP contribution in [0.2, 0.25) is 0 Å². The summed E-state index contributed by atoms with van der Waals surface area (Å²) in [4.78, 5) is 7.31. The molecule has 3 aromatic heterocycles. The zero-order valence-corrected chi connectivity index (χ0v) is 20.0. The molecule has 0 atom stereocenters. The maximum atomic E-state index is 14.3. The van der Waals surface area contributed by atoms with Gasteiger partial charge >= 0.3 is 0 Å². The summed E-state index contributed by atoms with van der Waals surface area (Å²) in [6, 6.07) is 8.93. The van der Waals surface area contributed by atoms with Gasteiger partial charge in [-0.2, -0.15) is 4.37 Å². The molecule has 33 heavy (non-hydrogen) atoms. The van der Waals surface area contributed by atoms with Crippen LogP contribution in [0.3, 0.4) is 0 Å². The summed E-state index contributed by atoms with van der Waals surface area (Å²) >= 11 is 1.40. The predicted molar refractivity (Wildman–Crippen MR) is 131 cm³/mol. The van der Waals surface area contributed by atoms with E-state index in [1.165, 1.54) is 30.3 Å². The number of methoxy groups -OCH3 is 1. The summed E-state index contributed by atoms with van der Waals surface area (Å²) in [5.41, 5.74) is 4.46. The highest BCUT2D eigenvalue weighted by atomic mass is 32.2. The van der Waals surface area contributed by atoms with Gasteiger partial charge in [0.15, 0.2) is 11.6 Å². The Labute approximate surface area is 198 Å². The van der Waals surface area contributed by atoms with Crippen molar-refractivity contribution in [2.75, 3.05) is 38.2 Å². The third kappa shape index (κ3) is 4.71. The molecule has 0 bridgehead atoms. The molecule has 1 aliphatic heterocycles. The molecule has 1 fully saturated rings. The average Bonchev–Trinajstić information content (AvgIpc) is 3.48. The number of halogens is 1. The van der Waals surface area contributed by atoms with Gasteiger partial charge in [-0.15, -0.1) is 0 Å². The summed E-state index contributed by atoms with van der Waals surface area (Å²) in [7, 11) is 0.811. The van der Waals surface area contributed by atoms with Gasteiger partial charge < -0.3 is 9.64 Å². The molecule has 0 radical (unpaired) electrons. The number of benzene rings is 1. The Morgan fingerprint density at radius 2 is 2.06 bits per heavy atom. The van der Waals surface area contributed by atoms with Crippen LogP contribution in [-0.4, -0.2) is 61.3 Å². The van der Waals surface area contributed by atoms with Gasteiger partial charge in [-0.1, -0.05) is 0 Å². The van der Waals surface area contributed by atoms with Crippen LogP contribution in [0.25, 0.3) is 28.0 Å². The number of aryl methyl sites for hydroxylation is 1. The zero-order chi connectivity index (χ0) is 22.8. The predicted octanol–water partition coefficient (Wildman–Crippen LogP) is 4.29. The molecule has 0 spiro atoms. The highest BCUT2D eigenvalue weighted by Gasteiger charge is 2.17. The summed E-state index contributed by atoms with van der Waals surface area (Å²) in [6.45, 7) is 2.83. The molecule has 1 aromatic carbocycles. The van der Waals surface area contributed by atoms with Gasteiger partial charge in [0.1, 0.15) is 5.65 Å². The second kappa shape index (κ2) is 9.70. The molecule has 172 valence electrons. The van der Waals surface area contributed by atoms with E-state index in [-0.39, 0.29) is 5.75 Å². The fraction of sp³-hybridized carbons (Fsp3) is 0.333. The number of fused-ring (bicyclic) bond motifs is 1. The second-order valence-electron chi connectivity index (χ2n) is 8.12. The van der Waals surface area contributed by atoms with Crippen LogP contribution in [0.15, 0.2) is 48.1 Å². The summed E-state index contributed by atoms with van der Waals surface area (Å²) < 4.78 is 37.2. The van der Waals surface area contributed by atoms with Gasteiger partial charge in [0.2, 0.25) is 0 Å². The van der Waals surface area contributed by atoms with E-state index >= 15 is 0 Å². The third-order valence-electron chi connectivity index (χ3n) is 6.07. The Morgan fingerprint density at radius 3 is 2.79 bits per heavy atom. The highest BCUT2D eigenvalue weighted by molar-refractivity contribution is 7.85. The first-order valence-electron chi connectivity index (χ1n) is 10.9. The number of nitrogens with zero attached hydrogens (tertiary/aromatic N) is 4. The molecule has 6 nitrogen and oxygen atoms in total. The number of hydrogen-bond donors (Lipinski definition) is 0. The van der Waals surface area contributed by atoms with Crippen molar-refractivity contribution in [3.8, 4) is 22.7 Å². The monoisotopic (exact) mass is 484 g/mol. The maximum absolute atomic E-state index is 14.3. The molecule has 1 saturated heterocycles. The minimum atomic E-state index is -0.645. The van der Waals surface area contributed by atoms with Crippen molar-refractivity contribution in [1.82, 2.24) is 18.8 Å². The van der Waals surface area contributed by atoms with Crippen molar-refractivity contribution in [2.45, 2.75) is 12.8 Å². The van der Waals surface area contributed by atoms with Crippen molar-refractivity contribution in [1.29, 1.82) is 0 Å². The van der Waals surface area contributed by atoms with Crippen LogP contribution in [0.5, 0.6) is 5.75 Å². The number of hydrogen-bond acceptors (Lipinski definition) is 6. The number of ether oxygens (including phenoxy) is 1. The molecule has 9 heteroatoms. The average molecular weight is 485 g/mol. The van der Waals surface area contributed by atoms with Gasteiger partial charge in [0.05, 0.1) is 24.7 Å². The minimum absolute atomic E-state index is 0.217. The van der Waals surface area contributed by atoms with Crippen molar-refractivity contribution in [3.63, 3.8) is 0 Å². The number of aromatic nitrogens is 3. The Morgan fingerprint density at radius 1 is 1.21 bits per heavy atom. The van der Waals surface area contributed by atoms with Gasteiger partial charge in [-0.05, 0) is 66.8 Å². The first kappa shape index (κ1) is 22.2. The Balaban J connectivity index is 1.44. The fourth-order valence-corrected chi connectivity index (χ4v) is 5.90. The lowest BCUT2D eigenvalue weighted by Crippen LogP contribution is -2.38. The number of pyridine rings is 1. The highest BCUT2D eigenvalue weighted by Crippen LogP contribution is 2.30. The lowest BCUT2D eigenvalue weighted by Gasteiger charge is -2.25. The van der Waals surface area contributed by atoms with E-state index in [0.717, 1.165) is 60.7 Å². The van der Waals surface area contributed by atoms with Crippen molar-refractivity contribution in [2.24, 2.45) is 0 Å². The minimum Gasteiger partial charge on any atom is -0.494 e. The normalized spacial score (nSPS) is 15.3. The summed E-state index contributed by atoms with van der Waals surface area (Å²) in [5.74, 6) is 1.37. The molecule has 4 heterocycles. The van der Waals surface area contributed by atoms with E-state index in [1.807, 2.05) is 23.7 Å². The molecule has 0 aliphatic carbocycles. The zero-order valence-electron chi connectivity index (χ0n) is 18.4. The second-order valence-corrected chi connectivity index (χ2v) is 10.5. The standard InChI is InChI=1S/C24H25FN4O2S2/c1-31-23-7-4-17(13-21(23)25)22-6-5-20-18(3-2-8-28-9-11-33(30)12-10-28)15-29(24(20)27-22)19-14-26-32-16-19/h4-7,13-16H,2-3,8-12H2,1H3. The van der Waals surface area contributed by atoms with E-state index in [0.29, 0.717) is 11.3 Å². The van der Waals surface area contributed by atoms with Crippen molar-refractivity contribution in [3.05, 3.63) is 59.5 Å².